The molecule has 0 saturated carbocycles. The molecule has 216 valence electrons. The standard InChI is InChI=1S/C35H32N2O.2C2H6/c1-19-13-14-21-17-27-34(3)18-26-20(2)28-24-11-7-5-9-22(24)23-10-6-8-12-25(23)30(28)36-31(26)33-35(34,15-16-37(27)4)29(21)32(19)38-33;2*1-2/h5-14,27,33H,15-18H2,1-4H3;2*1-2H3/t27-,33+,34+,35+;;/m1../s1. The molecule has 9 rings (SSSR count). The molecule has 2 aliphatic carbocycles. The summed E-state index contributed by atoms with van der Waals surface area (Å²) < 4.78 is 7.16. The van der Waals surface area contributed by atoms with Crippen molar-refractivity contribution in [3.8, 4) is 5.75 Å². The van der Waals surface area contributed by atoms with Crippen molar-refractivity contribution in [2.75, 3.05) is 13.6 Å². The SMILES string of the molecule is CC.CC.Cc1ccc2c3c1O[C@H]1c4nc5c6ccccc6c6ccccc6c5c(C)c4C[C@@]4(C)[C@@H](C2)N(C)CC[C@]314. The number of benzene rings is 4. The number of piperidine rings is 1. The van der Waals surface area contributed by atoms with Gasteiger partial charge >= 0.3 is 0 Å². The van der Waals surface area contributed by atoms with Gasteiger partial charge in [-0.15, -0.1) is 0 Å². The molecule has 2 aliphatic heterocycles. The summed E-state index contributed by atoms with van der Waals surface area (Å²) in [7, 11) is 2.34. The second-order valence-electron chi connectivity index (χ2n) is 12.7. The van der Waals surface area contributed by atoms with Crippen molar-refractivity contribution in [2.24, 2.45) is 5.41 Å². The Morgan fingerprint density at radius 3 is 2.21 bits per heavy atom. The number of rotatable bonds is 0. The van der Waals surface area contributed by atoms with Crippen molar-refractivity contribution in [1.82, 2.24) is 9.88 Å². The Kier molecular flexibility index (Phi) is 6.23. The van der Waals surface area contributed by atoms with Crippen molar-refractivity contribution in [3.05, 3.63) is 94.2 Å². The normalized spacial score (nSPS) is 26.5. The van der Waals surface area contributed by atoms with Crippen LogP contribution < -0.4 is 4.74 Å². The number of nitrogens with zero attached hydrogens (tertiary/aromatic N) is 2. The number of aryl methyl sites for hydroxylation is 2. The van der Waals surface area contributed by atoms with Crippen LogP contribution in [-0.4, -0.2) is 29.5 Å². The maximum absolute atomic E-state index is 7.16. The van der Waals surface area contributed by atoms with Crippen LogP contribution in [-0.2, 0) is 18.3 Å². The minimum atomic E-state index is -0.0315. The van der Waals surface area contributed by atoms with E-state index < -0.39 is 0 Å². The Hall–Kier alpha value is -3.43. The minimum Gasteiger partial charge on any atom is -0.483 e. The van der Waals surface area contributed by atoms with Crippen LogP contribution in [0.3, 0.4) is 0 Å². The minimum absolute atomic E-state index is 0.0219. The molecule has 3 heterocycles. The van der Waals surface area contributed by atoms with Crippen LogP contribution in [0.25, 0.3) is 32.4 Å². The van der Waals surface area contributed by atoms with Crippen molar-refractivity contribution >= 4 is 32.4 Å². The molecule has 4 aliphatic rings. The zero-order valence-corrected chi connectivity index (χ0v) is 26.6. The molecule has 0 radical (unpaired) electrons. The van der Waals surface area contributed by atoms with E-state index in [1.807, 2.05) is 27.7 Å². The fraction of sp³-hybridized carbons (Fsp3) is 0.410. The summed E-state index contributed by atoms with van der Waals surface area (Å²) >= 11 is 0. The van der Waals surface area contributed by atoms with E-state index in [4.69, 9.17) is 9.72 Å². The monoisotopic (exact) mass is 556 g/mol. The van der Waals surface area contributed by atoms with Gasteiger partial charge in [-0.2, -0.15) is 0 Å². The quantitative estimate of drug-likeness (QED) is 0.178. The van der Waals surface area contributed by atoms with Gasteiger partial charge in [0.1, 0.15) is 5.75 Å². The molecule has 0 N–H and O–H groups in total. The van der Waals surface area contributed by atoms with Gasteiger partial charge in [-0.05, 0) is 85.1 Å². The summed E-state index contributed by atoms with van der Waals surface area (Å²) in [6.07, 6.45) is 3.26. The molecule has 2 bridgehead atoms. The molecule has 1 fully saturated rings. The maximum atomic E-state index is 7.16. The van der Waals surface area contributed by atoms with Gasteiger partial charge in [0.2, 0.25) is 0 Å². The average Bonchev–Trinajstić information content (AvgIpc) is 3.39. The van der Waals surface area contributed by atoms with Crippen LogP contribution in [0.15, 0.2) is 60.7 Å². The Morgan fingerprint density at radius 2 is 1.50 bits per heavy atom. The predicted octanol–water partition coefficient (Wildman–Crippen LogP) is 9.40. The van der Waals surface area contributed by atoms with Crippen molar-refractivity contribution < 1.29 is 4.74 Å². The van der Waals surface area contributed by atoms with Crippen molar-refractivity contribution in [2.45, 2.75) is 85.3 Å². The van der Waals surface area contributed by atoms with Gasteiger partial charge in [-0.3, -0.25) is 0 Å². The molecule has 5 aromatic rings. The Morgan fingerprint density at radius 1 is 0.857 bits per heavy atom. The van der Waals surface area contributed by atoms with E-state index >= 15 is 0 Å². The van der Waals surface area contributed by atoms with Crippen molar-refractivity contribution in [1.29, 1.82) is 0 Å². The summed E-state index contributed by atoms with van der Waals surface area (Å²) in [5, 5.41) is 6.48. The summed E-state index contributed by atoms with van der Waals surface area (Å²) in [6.45, 7) is 16.3. The first-order valence-corrected chi connectivity index (χ1v) is 16.2. The smallest absolute Gasteiger partial charge is 0.151 e. The number of hydrogen-bond acceptors (Lipinski definition) is 3. The number of fused-ring (bicyclic) bond motifs is 8. The predicted molar refractivity (Wildman–Crippen MR) is 177 cm³/mol. The van der Waals surface area contributed by atoms with E-state index in [9.17, 15) is 0 Å². The molecule has 1 spiro atoms. The van der Waals surface area contributed by atoms with Crippen molar-refractivity contribution in [3.63, 3.8) is 0 Å². The van der Waals surface area contributed by atoms with Crippen LogP contribution in [0, 0.1) is 19.3 Å². The first-order valence-electron chi connectivity index (χ1n) is 16.2. The van der Waals surface area contributed by atoms with Crippen LogP contribution in [0.2, 0.25) is 0 Å². The highest BCUT2D eigenvalue weighted by molar-refractivity contribution is 6.25. The van der Waals surface area contributed by atoms with Gasteiger partial charge in [0, 0.05) is 27.8 Å². The number of ether oxygens (including phenoxy) is 1. The lowest BCUT2D eigenvalue weighted by Gasteiger charge is -2.64. The Labute approximate surface area is 250 Å². The number of hydrogen-bond donors (Lipinski definition) is 0. The van der Waals surface area contributed by atoms with Gasteiger partial charge in [0.15, 0.2) is 6.10 Å². The lowest BCUT2D eigenvalue weighted by molar-refractivity contribution is -0.0910. The van der Waals surface area contributed by atoms with E-state index in [1.54, 1.807) is 0 Å². The van der Waals surface area contributed by atoms with E-state index in [2.05, 4.69) is 93.4 Å². The van der Waals surface area contributed by atoms with E-state index in [0.29, 0.717) is 6.04 Å². The highest BCUT2D eigenvalue weighted by atomic mass is 16.5. The zero-order valence-electron chi connectivity index (χ0n) is 26.6. The summed E-state index contributed by atoms with van der Waals surface area (Å²) in [5.74, 6) is 1.15. The van der Waals surface area contributed by atoms with Crippen LogP contribution in [0.1, 0.15) is 80.7 Å². The van der Waals surface area contributed by atoms with Crippen LogP contribution in [0.4, 0.5) is 0 Å². The van der Waals surface area contributed by atoms with E-state index in [1.165, 1.54) is 60.4 Å². The third-order valence-electron chi connectivity index (χ3n) is 11.2. The molecule has 42 heavy (non-hydrogen) atoms. The zero-order chi connectivity index (χ0) is 29.6. The summed E-state index contributed by atoms with van der Waals surface area (Å²) in [5.41, 5.74) is 9.50. The number of pyridine rings is 1. The molecular formula is C39H44N2O. The summed E-state index contributed by atoms with van der Waals surface area (Å²) in [6, 6.07) is 22.9. The molecular weight excluding hydrogens is 512 g/mol. The molecule has 1 aromatic heterocycles. The Balaban J connectivity index is 0.000000693. The lowest BCUT2D eigenvalue weighted by atomic mass is 9.44. The Bertz CT molecular complexity index is 1890. The first-order chi connectivity index (χ1) is 20.4. The third kappa shape index (κ3) is 3.13. The van der Waals surface area contributed by atoms with Gasteiger partial charge in [-0.1, -0.05) is 95.3 Å². The largest absolute Gasteiger partial charge is 0.483 e. The third-order valence-corrected chi connectivity index (χ3v) is 11.2. The fourth-order valence-electron chi connectivity index (χ4n) is 9.42. The molecule has 4 atom stereocenters. The number of likely N-dealkylation sites (tertiary alicyclic amines) is 1. The fourth-order valence-corrected chi connectivity index (χ4v) is 9.42. The van der Waals surface area contributed by atoms with Crippen LogP contribution in [0.5, 0.6) is 5.75 Å². The van der Waals surface area contributed by atoms with E-state index in [-0.39, 0.29) is 16.9 Å². The maximum Gasteiger partial charge on any atom is 0.151 e. The highest BCUT2D eigenvalue weighted by Gasteiger charge is 2.70. The van der Waals surface area contributed by atoms with E-state index in [0.717, 1.165) is 37.1 Å². The highest BCUT2D eigenvalue weighted by Crippen LogP contribution is 2.71. The summed E-state index contributed by atoms with van der Waals surface area (Å²) in [4.78, 5) is 8.29. The molecule has 1 saturated heterocycles. The molecule has 0 unspecified atom stereocenters. The lowest BCUT2D eigenvalue weighted by Crippen LogP contribution is -2.68. The van der Waals surface area contributed by atoms with Gasteiger partial charge in [0.05, 0.1) is 16.6 Å². The molecule has 3 heteroatoms. The number of likely N-dealkylation sites (N-methyl/N-ethyl adjacent to an activating group) is 1. The number of aromatic nitrogens is 1. The molecule has 4 aromatic carbocycles. The second kappa shape index (κ2) is 9.54. The topological polar surface area (TPSA) is 25.4 Å². The van der Waals surface area contributed by atoms with Gasteiger partial charge < -0.3 is 9.64 Å². The second-order valence-corrected chi connectivity index (χ2v) is 12.7. The average molecular weight is 557 g/mol. The molecule has 0 amide bonds. The van der Waals surface area contributed by atoms with Gasteiger partial charge in [-0.25, -0.2) is 4.98 Å². The first kappa shape index (κ1) is 27.4. The molecule has 3 nitrogen and oxygen atoms in total. The van der Waals surface area contributed by atoms with Crippen LogP contribution >= 0.6 is 0 Å². The van der Waals surface area contributed by atoms with Gasteiger partial charge in [0.25, 0.3) is 0 Å².